The van der Waals surface area contributed by atoms with Crippen LogP contribution in [0.1, 0.15) is 5.56 Å². The molecule has 20 heavy (non-hydrogen) atoms. The molecule has 0 bridgehead atoms. The number of rotatable bonds is 5. The molecule has 0 heterocycles. The fraction of sp³-hybridized carbons (Fsp3) is 0.235. The first-order valence-electron chi connectivity index (χ1n) is 6.70. The zero-order valence-electron chi connectivity index (χ0n) is 11.6. The first-order chi connectivity index (χ1) is 9.70. The van der Waals surface area contributed by atoms with E-state index in [9.17, 15) is 4.79 Å². The highest BCUT2D eigenvalue weighted by Gasteiger charge is 2.06. The van der Waals surface area contributed by atoms with Crippen LogP contribution in [0.25, 0.3) is 11.1 Å². The molecule has 3 heteroatoms. The van der Waals surface area contributed by atoms with E-state index in [-0.39, 0.29) is 5.91 Å². The smallest absolute Gasteiger partial charge is 0.248 e. The number of aliphatic hydroxyl groups is 1. The van der Waals surface area contributed by atoms with Crippen LogP contribution in [0.3, 0.4) is 0 Å². The van der Waals surface area contributed by atoms with Gasteiger partial charge in [0.05, 0.1) is 0 Å². The predicted octanol–water partition coefficient (Wildman–Crippen LogP) is 2.35. The molecular formula is C17H19NO2. The van der Waals surface area contributed by atoms with E-state index in [0.717, 1.165) is 6.42 Å². The van der Waals surface area contributed by atoms with Gasteiger partial charge in [-0.3, -0.25) is 4.79 Å². The van der Waals surface area contributed by atoms with Gasteiger partial charge >= 0.3 is 0 Å². The zero-order chi connectivity index (χ0) is 14.4. The van der Waals surface area contributed by atoms with Gasteiger partial charge in [-0.25, -0.2) is 0 Å². The second-order valence-corrected chi connectivity index (χ2v) is 4.79. The van der Waals surface area contributed by atoms with Gasteiger partial charge < -0.3 is 10.0 Å². The van der Waals surface area contributed by atoms with Crippen molar-refractivity contribution in [3.05, 3.63) is 60.2 Å². The lowest BCUT2D eigenvalue weighted by molar-refractivity contribution is -0.132. The maximum absolute atomic E-state index is 11.2. The monoisotopic (exact) mass is 269 g/mol. The summed E-state index contributed by atoms with van der Waals surface area (Å²) < 4.78 is 0. The molecule has 1 N–H and O–H groups in total. The molecular weight excluding hydrogens is 250 g/mol. The van der Waals surface area contributed by atoms with E-state index in [2.05, 4.69) is 36.4 Å². The molecule has 0 aromatic heterocycles. The van der Waals surface area contributed by atoms with E-state index in [0.29, 0.717) is 6.54 Å². The van der Waals surface area contributed by atoms with E-state index in [1.807, 2.05) is 18.2 Å². The van der Waals surface area contributed by atoms with Crippen molar-refractivity contribution in [2.75, 3.05) is 20.2 Å². The molecule has 0 unspecified atom stereocenters. The number of carbonyl (C=O) groups is 1. The van der Waals surface area contributed by atoms with E-state index < -0.39 is 6.61 Å². The second kappa shape index (κ2) is 6.87. The van der Waals surface area contributed by atoms with Crippen molar-refractivity contribution in [1.29, 1.82) is 0 Å². The summed E-state index contributed by atoms with van der Waals surface area (Å²) in [5, 5.41) is 8.77. The average molecular weight is 269 g/mol. The maximum Gasteiger partial charge on any atom is 0.248 e. The molecule has 2 aromatic carbocycles. The van der Waals surface area contributed by atoms with Crippen LogP contribution in [-0.4, -0.2) is 36.1 Å². The first-order valence-corrected chi connectivity index (χ1v) is 6.70. The molecule has 2 rings (SSSR count). The highest BCUT2D eigenvalue weighted by Crippen LogP contribution is 2.19. The molecule has 0 aliphatic rings. The summed E-state index contributed by atoms with van der Waals surface area (Å²) in [6, 6.07) is 18.6. The highest BCUT2D eigenvalue weighted by atomic mass is 16.3. The summed E-state index contributed by atoms with van der Waals surface area (Å²) in [6.07, 6.45) is 0.789. The predicted molar refractivity (Wildman–Crippen MR) is 80.3 cm³/mol. The molecule has 0 aliphatic heterocycles. The SMILES string of the molecule is CN(CCc1ccc(-c2ccccc2)cc1)C(=O)CO. The number of likely N-dealkylation sites (N-methyl/N-ethyl adjacent to an activating group) is 1. The van der Waals surface area contributed by atoms with E-state index >= 15 is 0 Å². The van der Waals surface area contributed by atoms with Crippen molar-refractivity contribution in [2.45, 2.75) is 6.42 Å². The molecule has 3 nitrogen and oxygen atoms in total. The third kappa shape index (κ3) is 3.68. The minimum atomic E-state index is -0.427. The van der Waals surface area contributed by atoms with Crippen LogP contribution in [0.4, 0.5) is 0 Å². The van der Waals surface area contributed by atoms with E-state index in [4.69, 9.17) is 5.11 Å². The summed E-state index contributed by atoms with van der Waals surface area (Å²) in [5.74, 6) is -0.245. The van der Waals surface area contributed by atoms with Gasteiger partial charge in [0, 0.05) is 13.6 Å². The number of benzene rings is 2. The Morgan fingerprint density at radius 2 is 1.60 bits per heavy atom. The number of nitrogens with zero attached hydrogens (tertiary/aromatic N) is 1. The largest absolute Gasteiger partial charge is 0.387 e. The molecule has 2 aromatic rings. The van der Waals surface area contributed by atoms with Crippen molar-refractivity contribution >= 4 is 5.91 Å². The molecule has 0 fully saturated rings. The highest BCUT2D eigenvalue weighted by molar-refractivity contribution is 5.76. The molecule has 0 radical (unpaired) electrons. The van der Waals surface area contributed by atoms with Gasteiger partial charge in [-0.2, -0.15) is 0 Å². The van der Waals surface area contributed by atoms with Gasteiger partial charge in [-0.15, -0.1) is 0 Å². The van der Waals surface area contributed by atoms with Gasteiger partial charge in [0.15, 0.2) is 0 Å². The molecule has 0 saturated heterocycles. The second-order valence-electron chi connectivity index (χ2n) is 4.79. The molecule has 0 aliphatic carbocycles. The van der Waals surface area contributed by atoms with Crippen molar-refractivity contribution in [3.8, 4) is 11.1 Å². The minimum Gasteiger partial charge on any atom is -0.387 e. The number of hydrogen-bond donors (Lipinski definition) is 1. The van der Waals surface area contributed by atoms with E-state index in [1.165, 1.54) is 16.7 Å². The standard InChI is InChI=1S/C17H19NO2/c1-18(17(20)13-19)12-11-14-7-9-16(10-8-14)15-5-3-2-4-6-15/h2-10,19H,11-13H2,1H3. The van der Waals surface area contributed by atoms with Crippen LogP contribution in [0.2, 0.25) is 0 Å². The van der Waals surface area contributed by atoms with Gasteiger partial charge in [-0.1, -0.05) is 54.6 Å². The van der Waals surface area contributed by atoms with Gasteiger partial charge in [0.2, 0.25) is 5.91 Å². The molecule has 0 spiro atoms. The lowest BCUT2D eigenvalue weighted by atomic mass is 10.0. The molecule has 0 saturated carbocycles. The Labute approximate surface area is 119 Å². The minimum absolute atomic E-state index is 0.245. The Hall–Kier alpha value is -2.13. The maximum atomic E-state index is 11.2. The average Bonchev–Trinajstić information content (AvgIpc) is 2.53. The van der Waals surface area contributed by atoms with Crippen LogP contribution >= 0.6 is 0 Å². The van der Waals surface area contributed by atoms with Crippen molar-refractivity contribution in [3.63, 3.8) is 0 Å². The Balaban J connectivity index is 1.97. The van der Waals surface area contributed by atoms with Gasteiger partial charge in [0.25, 0.3) is 0 Å². The first kappa shape index (κ1) is 14.3. The number of amides is 1. The summed E-state index contributed by atoms with van der Waals surface area (Å²) >= 11 is 0. The Kier molecular flexibility index (Phi) is 4.91. The van der Waals surface area contributed by atoms with Crippen LogP contribution in [0.5, 0.6) is 0 Å². The van der Waals surface area contributed by atoms with Crippen molar-refractivity contribution in [2.24, 2.45) is 0 Å². The lowest BCUT2D eigenvalue weighted by Gasteiger charge is -2.15. The third-order valence-corrected chi connectivity index (χ3v) is 3.36. The van der Waals surface area contributed by atoms with Crippen LogP contribution in [-0.2, 0) is 11.2 Å². The number of aliphatic hydroxyl groups excluding tert-OH is 1. The summed E-state index contributed by atoms with van der Waals surface area (Å²) in [7, 11) is 1.71. The van der Waals surface area contributed by atoms with Crippen molar-refractivity contribution in [1.82, 2.24) is 4.90 Å². The fourth-order valence-electron chi connectivity index (χ4n) is 2.04. The quantitative estimate of drug-likeness (QED) is 0.905. The molecule has 104 valence electrons. The van der Waals surface area contributed by atoms with Crippen molar-refractivity contribution < 1.29 is 9.90 Å². The summed E-state index contributed by atoms with van der Waals surface area (Å²) in [5.41, 5.74) is 3.57. The van der Waals surface area contributed by atoms with Crippen LogP contribution in [0.15, 0.2) is 54.6 Å². The van der Waals surface area contributed by atoms with Gasteiger partial charge in [-0.05, 0) is 23.1 Å². The molecule has 0 atom stereocenters. The number of carbonyl (C=O) groups excluding carboxylic acids is 1. The Bertz CT molecular complexity index is 549. The van der Waals surface area contributed by atoms with E-state index in [1.54, 1.807) is 11.9 Å². The zero-order valence-corrected chi connectivity index (χ0v) is 11.6. The van der Waals surface area contributed by atoms with Gasteiger partial charge in [0.1, 0.15) is 6.61 Å². The third-order valence-electron chi connectivity index (χ3n) is 3.36. The fourth-order valence-corrected chi connectivity index (χ4v) is 2.04. The van der Waals surface area contributed by atoms with Crippen LogP contribution < -0.4 is 0 Å². The van der Waals surface area contributed by atoms with Crippen LogP contribution in [0, 0.1) is 0 Å². The lowest BCUT2D eigenvalue weighted by Crippen LogP contribution is -2.31. The normalized spacial score (nSPS) is 10.3. The summed E-state index contributed by atoms with van der Waals surface area (Å²) in [6.45, 7) is 0.188. The summed E-state index contributed by atoms with van der Waals surface area (Å²) in [4.78, 5) is 12.8. The Morgan fingerprint density at radius 1 is 1.00 bits per heavy atom. The Morgan fingerprint density at radius 3 is 2.20 bits per heavy atom. The molecule has 1 amide bonds. The topological polar surface area (TPSA) is 40.5 Å². The number of hydrogen-bond acceptors (Lipinski definition) is 2.